The van der Waals surface area contributed by atoms with Crippen molar-refractivity contribution >= 4 is 28.1 Å². The summed E-state index contributed by atoms with van der Waals surface area (Å²) in [5, 5.41) is 21.4. The number of nitrogens with one attached hydrogen (secondary N) is 1. The molecule has 4 rings (SSSR count). The molecule has 3 N–H and O–H groups in total. The minimum atomic E-state index is -0.553. The van der Waals surface area contributed by atoms with Gasteiger partial charge in [-0.15, -0.1) is 0 Å². The Morgan fingerprint density at radius 1 is 1.22 bits per heavy atom. The molecule has 0 radical (unpaired) electrons. The minimum Gasteiger partial charge on any atom is -0.396 e. The van der Waals surface area contributed by atoms with Crippen LogP contribution in [-0.2, 0) is 0 Å². The molecule has 6 unspecified atom stereocenters. The summed E-state index contributed by atoms with van der Waals surface area (Å²) in [5.74, 6) is 2.02. The van der Waals surface area contributed by atoms with E-state index in [0.717, 1.165) is 28.0 Å². The predicted octanol–water partition coefficient (Wildman–Crippen LogP) is 3.36. The van der Waals surface area contributed by atoms with Gasteiger partial charge in [-0.2, -0.15) is 0 Å². The van der Waals surface area contributed by atoms with E-state index < -0.39 is 6.10 Å². The van der Waals surface area contributed by atoms with Gasteiger partial charge < -0.3 is 20.1 Å². The Labute approximate surface area is 190 Å². The summed E-state index contributed by atoms with van der Waals surface area (Å²) in [6, 6.07) is 4.05. The van der Waals surface area contributed by atoms with Gasteiger partial charge in [-0.05, 0) is 31.4 Å². The number of aromatic nitrogens is 2. The Bertz CT molecular complexity index is 1050. The number of aliphatic imine (C=N–C) groups is 2. The number of amidine groups is 2. The Balaban J connectivity index is 1.90. The van der Waals surface area contributed by atoms with Crippen molar-refractivity contribution in [1.29, 1.82) is 0 Å². The molecular formula is C25H35N5O2. The van der Waals surface area contributed by atoms with Gasteiger partial charge in [-0.3, -0.25) is 9.98 Å². The molecule has 3 heterocycles. The van der Waals surface area contributed by atoms with Gasteiger partial charge in [-0.1, -0.05) is 26.3 Å². The molecule has 0 bridgehead atoms. The SMILES string of the molecule is CC1=C(c2cc3ccncc3[nH]2)C(=NC2CC(CO)C(O)C2C)N=C(N(C)C)C(C)C1C. The van der Waals surface area contributed by atoms with Gasteiger partial charge in [0.05, 0.1) is 29.6 Å². The van der Waals surface area contributed by atoms with Gasteiger partial charge in [0.1, 0.15) is 5.84 Å². The lowest BCUT2D eigenvalue weighted by Crippen LogP contribution is -2.32. The van der Waals surface area contributed by atoms with E-state index in [1.165, 1.54) is 5.57 Å². The van der Waals surface area contributed by atoms with Crippen molar-refractivity contribution in [2.45, 2.75) is 46.3 Å². The van der Waals surface area contributed by atoms with Crippen molar-refractivity contribution in [3.05, 3.63) is 35.8 Å². The summed E-state index contributed by atoms with van der Waals surface area (Å²) in [6.45, 7) is 8.62. The lowest BCUT2D eigenvalue weighted by Gasteiger charge is -2.25. The summed E-state index contributed by atoms with van der Waals surface area (Å²) < 4.78 is 0. The maximum Gasteiger partial charge on any atom is 0.158 e. The van der Waals surface area contributed by atoms with Crippen LogP contribution in [0.25, 0.3) is 16.5 Å². The topological polar surface area (TPSA) is 97.1 Å². The van der Waals surface area contributed by atoms with Crippen LogP contribution >= 0.6 is 0 Å². The highest BCUT2D eigenvalue weighted by Gasteiger charge is 2.40. The van der Waals surface area contributed by atoms with E-state index in [1.54, 1.807) is 6.20 Å². The van der Waals surface area contributed by atoms with E-state index in [4.69, 9.17) is 9.98 Å². The van der Waals surface area contributed by atoms with E-state index in [1.807, 2.05) is 33.3 Å². The normalized spacial score (nSPS) is 32.5. The van der Waals surface area contributed by atoms with Crippen LogP contribution in [0.2, 0.25) is 0 Å². The fourth-order valence-corrected chi connectivity index (χ4v) is 5.14. The molecule has 2 aliphatic rings. The average molecular weight is 438 g/mol. The van der Waals surface area contributed by atoms with Crippen molar-refractivity contribution in [3.8, 4) is 0 Å². The minimum absolute atomic E-state index is 0.0239. The summed E-state index contributed by atoms with van der Waals surface area (Å²) in [7, 11) is 4.05. The maximum atomic E-state index is 10.6. The third-order valence-electron chi connectivity index (χ3n) is 7.53. The van der Waals surface area contributed by atoms with Gasteiger partial charge in [0.25, 0.3) is 0 Å². The molecule has 0 aromatic carbocycles. The van der Waals surface area contributed by atoms with E-state index in [-0.39, 0.29) is 36.3 Å². The fraction of sp³-hybridized carbons (Fsp3) is 0.560. The number of H-pyrrole nitrogens is 1. The van der Waals surface area contributed by atoms with E-state index >= 15 is 0 Å². The Morgan fingerprint density at radius 2 is 1.97 bits per heavy atom. The number of rotatable bonds is 3. The number of pyridine rings is 1. The molecule has 1 aliphatic carbocycles. The third kappa shape index (κ3) is 3.88. The first kappa shape index (κ1) is 22.7. The molecule has 1 aliphatic heterocycles. The smallest absolute Gasteiger partial charge is 0.158 e. The molecule has 32 heavy (non-hydrogen) atoms. The Morgan fingerprint density at radius 3 is 2.59 bits per heavy atom. The molecule has 2 aromatic rings. The van der Waals surface area contributed by atoms with Gasteiger partial charge >= 0.3 is 0 Å². The molecule has 7 nitrogen and oxygen atoms in total. The quantitative estimate of drug-likeness (QED) is 0.686. The highest BCUT2D eigenvalue weighted by atomic mass is 16.3. The second kappa shape index (κ2) is 8.79. The lowest BCUT2D eigenvalue weighted by atomic mass is 9.86. The standard InChI is InChI=1S/C25H35N5O2/c1-13-14(2)22(20-9-17-7-8-26-11-21(17)27-20)24(29-25(15(13)3)30(5)6)28-19-10-18(12-31)23(32)16(19)4/h7-9,11,13,15-16,18-19,23,27,31-32H,10,12H2,1-6H3. The first-order chi connectivity index (χ1) is 15.2. The number of fused-ring (bicyclic) bond motifs is 1. The van der Waals surface area contributed by atoms with Crippen LogP contribution in [0.5, 0.6) is 0 Å². The van der Waals surface area contributed by atoms with Crippen LogP contribution in [-0.4, -0.2) is 69.6 Å². The summed E-state index contributed by atoms with van der Waals surface area (Å²) in [6.07, 6.45) is 3.74. The molecule has 6 atom stereocenters. The summed E-state index contributed by atoms with van der Waals surface area (Å²) >= 11 is 0. The molecule has 0 amide bonds. The van der Waals surface area contributed by atoms with Crippen molar-refractivity contribution in [1.82, 2.24) is 14.9 Å². The second-order valence-electron chi connectivity index (χ2n) is 9.69. The van der Waals surface area contributed by atoms with Gasteiger partial charge in [0.15, 0.2) is 5.84 Å². The predicted molar refractivity (Wildman–Crippen MR) is 130 cm³/mol. The van der Waals surface area contributed by atoms with Gasteiger partial charge in [0, 0.05) is 55.6 Å². The summed E-state index contributed by atoms with van der Waals surface area (Å²) in [4.78, 5) is 20.1. The summed E-state index contributed by atoms with van der Waals surface area (Å²) in [5.41, 5.74) is 4.22. The van der Waals surface area contributed by atoms with Crippen LogP contribution in [0, 0.1) is 23.7 Å². The third-order valence-corrected chi connectivity index (χ3v) is 7.53. The van der Waals surface area contributed by atoms with Crippen LogP contribution in [0.4, 0.5) is 0 Å². The monoisotopic (exact) mass is 437 g/mol. The maximum absolute atomic E-state index is 10.6. The molecule has 1 saturated carbocycles. The molecule has 2 aromatic heterocycles. The number of hydrogen-bond donors (Lipinski definition) is 3. The number of hydrogen-bond acceptors (Lipinski definition) is 5. The number of allylic oxidation sites excluding steroid dienone is 1. The zero-order valence-corrected chi connectivity index (χ0v) is 19.9. The van der Waals surface area contributed by atoms with Crippen LogP contribution in [0.1, 0.15) is 39.8 Å². The zero-order valence-electron chi connectivity index (χ0n) is 19.9. The number of aromatic amines is 1. The van der Waals surface area contributed by atoms with Crippen molar-refractivity contribution in [2.75, 3.05) is 20.7 Å². The molecule has 172 valence electrons. The first-order valence-electron chi connectivity index (χ1n) is 11.5. The fourth-order valence-electron chi connectivity index (χ4n) is 5.14. The van der Waals surface area contributed by atoms with Crippen molar-refractivity contribution in [2.24, 2.45) is 33.7 Å². The van der Waals surface area contributed by atoms with Gasteiger partial charge in [0.2, 0.25) is 0 Å². The van der Waals surface area contributed by atoms with Crippen molar-refractivity contribution < 1.29 is 10.2 Å². The average Bonchev–Trinajstić information content (AvgIpc) is 3.29. The second-order valence-corrected chi connectivity index (χ2v) is 9.69. The van der Waals surface area contributed by atoms with Crippen LogP contribution in [0.15, 0.2) is 40.1 Å². The van der Waals surface area contributed by atoms with Crippen LogP contribution < -0.4 is 0 Å². The van der Waals surface area contributed by atoms with Crippen LogP contribution in [0.3, 0.4) is 0 Å². The van der Waals surface area contributed by atoms with Gasteiger partial charge in [-0.25, -0.2) is 4.99 Å². The lowest BCUT2D eigenvalue weighted by molar-refractivity contribution is 0.0652. The Hall–Kier alpha value is -2.51. The number of aliphatic hydroxyl groups excluding tert-OH is 2. The first-order valence-corrected chi connectivity index (χ1v) is 11.5. The molecule has 0 saturated heterocycles. The molecule has 7 heteroatoms. The Kier molecular flexibility index (Phi) is 6.23. The largest absolute Gasteiger partial charge is 0.396 e. The zero-order chi connectivity index (χ0) is 23.2. The van der Waals surface area contributed by atoms with E-state index in [0.29, 0.717) is 12.3 Å². The highest BCUT2D eigenvalue weighted by Crippen LogP contribution is 2.38. The number of aliphatic hydroxyl groups is 2. The highest BCUT2D eigenvalue weighted by molar-refractivity contribution is 6.27. The van der Waals surface area contributed by atoms with E-state index in [2.05, 4.69) is 41.7 Å². The number of nitrogens with zero attached hydrogens (tertiary/aromatic N) is 4. The molecule has 1 fully saturated rings. The molecule has 0 spiro atoms. The van der Waals surface area contributed by atoms with Crippen molar-refractivity contribution in [3.63, 3.8) is 0 Å². The molecular weight excluding hydrogens is 402 g/mol. The van der Waals surface area contributed by atoms with E-state index in [9.17, 15) is 10.2 Å².